The second-order valence-corrected chi connectivity index (χ2v) is 3.93. The number of carbonyl (C=O) groups is 2. The Balaban J connectivity index is 2.83. The van der Waals surface area contributed by atoms with E-state index in [0.29, 0.717) is 0 Å². The highest BCUT2D eigenvalue weighted by Crippen LogP contribution is 2.22. The van der Waals surface area contributed by atoms with Gasteiger partial charge in [-0.2, -0.15) is 13.2 Å². The third-order valence-electron chi connectivity index (χ3n) is 1.99. The van der Waals surface area contributed by atoms with Gasteiger partial charge in [-0.25, -0.2) is 9.59 Å². The Hall–Kier alpha value is -1.96. The molecule has 0 saturated carbocycles. The van der Waals surface area contributed by atoms with E-state index in [1.807, 2.05) is 5.32 Å². The maximum absolute atomic E-state index is 11.9. The van der Waals surface area contributed by atoms with E-state index >= 15 is 0 Å². The van der Waals surface area contributed by atoms with Crippen molar-refractivity contribution in [1.82, 2.24) is 0 Å². The third kappa shape index (κ3) is 4.96. The predicted molar refractivity (Wildman–Crippen MR) is 63.8 cm³/mol. The van der Waals surface area contributed by atoms with Crippen LogP contribution >= 0.6 is 11.6 Å². The molecule has 0 saturated heterocycles. The molecule has 0 heterocycles. The fraction of sp³-hybridized carbons (Fsp3) is 0.273. The van der Waals surface area contributed by atoms with Crippen LogP contribution in [0, 0.1) is 0 Å². The van der Waals surface area contributed by atoms with Crippen LogP contribution in [0.2, 0.25) is 5.02 Å². The molecule has 0 spiro atoms. The first kappa shape index (κ1) is 16.1. The lowest BCUT2D eigenvalue weighted by atomic mass is 10.2. The van der Waals surface area contributed by atoms with Gasteiger partial charge in [0.2, 0.25) is 0 Å². The molecule has 1 rings (SSSR count). The van der Waals surface area contributed by atoms with E-state index in [4.69, 9.17) is 11.6 Å². The quantitative estimate of drug-likeness (QED) is 0.870. The van der Waals surface area contributed by atoms with E-state index in [1.165, 1.54) is 18.2 Å². The minimum absolute atomic E-state index is 0.0686. The number of nitrogens with one attached hydrogen (secondary N) is 1. The number of ether oxygens (including phenoxy) is 2. The SMILES string of the molecule is COC(=O)c1ccc(Cl)cc1NC(=O)OCC(F)(F)F. The summed E-state index contributed by atoms with van der Waals surface area (Å²) in [7, 11) is 1.11. The fourth-order valence-corrected chi connectivity index (χ4v) is 1.37. The lowest BCUT2D eigenvalue weighted by Gasteiger charge is -2.11. The van der Waals surface area contributed by atoms with Gasteiger partial charge in [-0.15, -0.1) is 0 Å². The summed E-state index contributed by atoms with van der Waals surface area (Å²) >= 11 is 5.67. The molecular formula is C11H9ClF3NO4. The standard InChI is InChI=1S/C11H9ClF3NO4/c1-19-9(17)7-3-2-6(12)4-8(7)16-10(18)20-5-11(13,14)15/h2-4H,5H2,1H3,(H,16,18). The molecule has 0 fully saturated rings. The highest BCUT2D eigenvalue weighted by Gasteiger charge is 2.29. The summed E-state index contributed by atoms with van der Waals surface area (Å²) in [6.45, 7) is -1.74. The number of hydrogen-bond donors (Lipinski definition) is 1. The average molecular weight is 312 g/mol. The molecule has 0 aliphatic rings. The van der Waals surface area contributed by atoms with Crippen LogP contribution in [0.1, 0.15) is 10.4 Å². The van der Waals surface area contributed by atoms with Gasteiger partial charge in [-0.3, -0.25) is 5.32 Å². The van der Waals surface area contributed by atoms with E-state index in [-0.39, 0.29) is 16.3 Å². The number of carbonyl (C=O) groups excluding carboxylic acids is 2. The van der Waals surface area contributed by atoms with Gasteiger partial charge in [-0.1, -0.05) is 11.6 Å². The molecular weight excluding hydrogens is 303 g/mol. The molecule has 9 heteroatoms. The Labute approximate surface area is 116 Å². The number of benzene rings is 1. The van der Waals surface area contributed by atoms with E-state index in [0.717, 1.165) is 7.11 Å². The fourth-order valence-electron chi connectivity index (χ4n) is 1.20. The lowest BCUT2D eigenvalue weighted by Crippen LogP contribution is -2.24. The summed E-state index contributed by atoms with van der Waals surface area (Å²) < 4.78 is 44.0. The molecule has 1 aromatic rings. The molecule has 1 amide bonds. The molecule has 0 radical (unpaired) electrons. The molecule has 110 valence electrons. The van der Waals surface area contributed by atoms with Crippen LogP contribution in [0.25, 0.3) is 0 Å². The number of rotatable bonds is 3. The Kier molecular flexibility index (Phi) is 5.20. The molecule has 0 unspecified atom stereocenters. The monoisotopic (exact) mass is 311 g/mol. The minimum atomic E-state index is -4.64. The van der Waals surface area contributed by atoms with Crippen molar-refractivity contribution in [2.75, 3.05) is 19.0 Å². The first-order valence-electron chi connectivity index (χ1n) is 5.11. The summed E-state index contributed by atoms with van der Waals surface area (Å²) in [5.41, 5.74) is -0.183. The number of alkyl halides is 3. The van der Waals surface area contributed by atoms with E-state index in [9.17, 15) is 22.8 Å². The number of amides is 1. The normalized spacial score (nSPS) is 10.8. The summed E-state index contributed by atoms with van der Waals surface area (Å²) in [6, 6.07) is 3.80. The highest BCUT2D eigenvalue weighted by molar-refractivity contribution is 6.31. The maximum Gasteiger partial charge on any atom is 0.422 e. The van der Waals surface area contributed by atoms with Crippen molar-refractivity contribution in [3.8, 4) is 0 Å². The molecule has 0 aliphatic heterocycles. The van der Waals surface area contributed by atoms with Gasteiger partial charge in [0.1, 0.15) is 0 Å². The van der Waals surface area contributed by atoms with Gasteiger partial charge in [0, 0.05) is 5.02 Å². The minimum Gasteiger partial charge on any atom is -0.465 e. The summed E-state index contributed by atoms with van der Waals surface area (Å²) in [4.78, 5) is 22.6. The Morgan fingerprint density at radius 3 is 2.55 bits per heavy atom. The maximum atomic E-state index is 11.9. The molecule has 20 heavy (non-hydrogen) atoms. The highest BCUT2D eigenvalue weighted by atomic mass is 35.5. The van der Waals surface area contributed by atoms with Gasteiger partial charge >= 0.3 is 18.2 Å². The van der Waals surface area contributed by atoms with Gasteiger partial charge < -0.3 is 9.47 Å². The van der Waals surface area contributed by atoms with Gasteiger partial charge in [-0.05, 0) is 18.2 Å². The molecule has 0 aliphatic carbocycles. The summed E-state index contributed by atoms with van der Waals surface area (Å²) in [5.74, 6) is -0.784. The molecule has 0 bridgehead atoms. The van der Waals surface area contributed by atoms with Crippen molar-refractivity contribution in [3.63, 3.8) is 0 Å². The zero-order valence-electron chi connectivity index (χ0n) is 10.1. The number of methoxy groups -OCH3 is 1. The second kappa shape index (κ2) is 6.47. The van der Waals surface area contributed by atoms with Crippen molar-refractivity contribution in [1.29, 1.82) is 0 Å². The van der Waals surface area contributed by atoms with E-state index in [1.54, 1.807) is 0 Å². The zero-order valence-corrected chi connectivity index (χ0v) is 10.8. The Morgan fingerprint density at radius 2 is 2.00 bits per heavy atom. The molecule has 5 nitrogen and oxygen atoms in total. The molecule has 1 N–H and O–H groups in total. The van der Waals surface area contributed by atoms with Crippen LogP contribution in [-0.2, 0) is 9.47 Å². The Bertz CT molecular complexity index is 519. The number of anilines is 1. The van der Waals surface area contributed by atoms with Crippen molar-refractivity contribution >= 4 is 29.4 Å². The number of halogens is 4. The van der Waals surface area contributed by atoms with E-state index < -0.39 is 24.8 Å². The van der Waals surface area contributed by atoms with Crippen LogP contribution in [0.4, 0.5) is 23.7 Å². The molecule has 1 aromatic carbocycles. The number of hydrogen-bond acceptors (Lipinski definition) is 4. The van der Waals surface area contributed by atoms with Crippen molar-refractivity contribution in [2.45, 2.75) is 6.18 Å². The lowest BCUT2D eigenvalue weighted by molar-refractivity contribution is -0.159. The smallest absolute Gasteiger partial charge is 0.422 e. The van der Waals surface area contributed by atoms with Gasteiger partial charge in [0.05, 0.1) is 18.4 Å². The summed E-state index contributed by atoms with van der Waals surface area (Å²) in [6.07, 6.45) is -6.01. The van der Waals surface area contributed by atoms with Crippen LogP contribution in [-0.4, -0.2) is 32.0 Å². The number of esters is 1. The van der Waals surface area contributed by atoms with Crippen LogP contribution in [0.5, 0.6) is 0 Å². The predicted octanol–water partition coefficient (Wildman–Crippen LogP) is 3.24. The molecule has 0 aromatic heterocycles. The topological polar surface area (TPSA) is 64.6 Å². The van der Waals surface area contributed by atoms with Crippen LogP contribution in [0.3, 0.4) is 0 Å². The van der Waals surface area contributed by atoms with Crippen molar-refractivity contribution in [2.24, 2.45) is 0 Å². The van der Waals surface area contributed by atoms with E-state index in [2.05, 4.69) is 9.47 Å². The van der Waals surface area contributed by atoms with Crippen molar-refractivity contribution < 1.29 is 32.2 Å². The summed E-state index contributed by atoms with van der Waals surface area (Å²) in [5, 5.41) is 2.16. The first-order chi connectivity index (χ1) is 9.23. The second-order valence-electron chi connectivity index (χ2n) is 3.50. The van der Waals surface area contributed by atoms with Gasteiger partial charge in [0.25, 0.3) is 0 Å². The zero-order chi connectivity index (χ0) is 15.3. The Morgan fingerprint density at radius 1 is 1.35 bits per heavy atom. The first-order valence-corrected chi connectivity index (χ1v) is 5.49. The largest absolute Gasteiger partial charge is 0.465 e. The van der Waals surface area contributed by atoms with Crippen molar-refractivity contribution in [3.05, 3.63) is 28.8 Å². The average Bonchev–Trinajstić information content (AvgIpc) is 2.35. The third-order valence-corrected chi connectivity index (χ3v) is 2.23. The van der Waals surface area contributed by atoms with Crippen LogP contribution < -0.4 is 5.32 Å². The van der Waals surface area contributed by atoms with Crippen LogP contribution in [0.15, 0.2) is 18.2 Å². The van der Waals surface area contributed by atoms with Gasteiger partial charge in [0.15, 0.2) is 6.61 Å². The molecule has 0 atom stereocenters.